The summed E-state index contributed by atoms with van der Waals surface area (Å²) < 4.78 is 3.58. The quantitative estimate of drug-likeness (QED) is 0.827. The topological polar surface area (TPSA) is 38.0 Å². The van der Waals surface area contributed by atoms with Crippen LogP contribution in [0, 0.1) is 6.92 Å². The summed E-state index contributed by atoms with van der Waals surface area (Å²) in [6, 6.07) is 5.43. The third-order valence-corrected chi connectivity index (χ3v) is 4.63. The van der Waals surface area contributed by atoms with Gasteiger partial charge in [0.15, 0.2) is 0 Å². The van der Waals surface area contributed by atoms with Crippen LogP contribution in [-0.4, -0.2) is 14.9 Å². The van der Waals surface area contributed by atoms with E-state index >= 15 is 0 Å². The molecular formula is C13H13Br2ClN2O. The first kappa shape index (κ1) is 15.0. The summed E-state index contributed by atoms with van der Waals surface area (Å²) in [4.78, 5) is 0. The maximum atomic E-state index is 10.3. The zero-order valence-corrected chi connectivity index (χ0v) is 14.4. The summed E-state index contributed by atoms with van der Waals surface area (Å²) >= 11 is 12.9. The van der Waals surface area contributed by atoms with Crippen LogP contribution in [0.1, 0.15) is 23.1 Å². The lowest BCUT2D eigenvalue weighted by atomic mass is 10.0. The minimum atomic E-state index is -0.624. The lowest BCUT2D eigenvalue weighted by Crippen LogP contribution is -2.07. The molecule has 19 heavy (non-hydrogen) atoms. The van der Waals surface area contributed by atoms with Gasteiger partial charge >= 0.3 is 0 Å². The van der Waals surface area contributed by atoms with Crippen molar-refractivity contribution in [3.05, 3.63) is 49.1 Å². The first-order valence-electron chi connectivity index (χ1n) is 5.70. The number of nitrogens with zero attached hydrogens (tertiary/aromatic N) is 2. The molecule has 0 spiro atoms. The molecule has 1 N–H and O–H groups in total. The van der Waals surface area contributed by atoms with E-state index in [0.717, 1.165) is 25.9 Å². The molecule has 6 heteroatoms. The molecular weight excluding hydrogens is 395 g/mol. The Labute approximate surface area is 133 Å². The molecule has 1 atom stereocenters. The van der Waals surface area contributed by atoms with E-state index in [1.54, 1.807) is 16.8 Å². The number of aliphatic hydroxyl groups is 1. The van der Waals surface area contributed by atoms with Crippen LogP contribution >= 0.6 is 43.5 Å². The van der Waals surface area contributed by atoms with Crippen LogP contribution in [0.3, 0.4) is 0 Å². The summed E-state index contributed by atoms with van der Waals surface area (Å²) in [6.07, 6.45) is -0.147. The first-order valence-corrected chi connectivity index (χ1v) is 7.67. The van der Waals surface area contributed by atoms with Crippen molar-refractivity contribution in [1.82, 2.24) is 9.78 Å². The van der Waals surface area contributed by atoms with Crippen molar-refractivity contribution in [2.24, 2.45) is 7.05 Å². The fourth-order valence-electron chi connectivity index (χ4n) is 1.97. The second kappa shape index (κ2) is 5.95. The molecule has 0 bridgehead atoms. The van der Waals surface area contributed by atoms with Crippen molar-refractivity contribution in [3.8, 4) is 0 Å². The normalized spacial score (nSPS) is 12.7. The average Bonchev–Trinajstić information content (AvgIpc) is 2.54. The lowest BCUT2D eigenvalue weighted by molar-refractivity contribution is 0.175. The number of benzene rings is 1. The number of aryl methyl sites for hydroxylation is 2. The highest BCUT2D eigenvalue weighted by atomic mass is 79.9. The summed E-state index contributed by atoms with van der Waals surface area (Å²) in [7, 11) is 1.87. The van der Waals surface area contributed by atoms with Crippen LogP contribution in [0.25, 0.3) is 0 Å². The number of hydrogen-bond donors (Lipinski definition) is 1. The minimum absolute atomic E-state index is 0.477. The Balaban J connectivity index is 2.27. The molecule has 2 aromatic rings. The van der Waals surface area contributed by atoms with E-state index in [1.807, 2.05) is 20.0 Å². The van der Waals surface area contributed by atoms with Crippen LogP contribution in [-0.2, 0) is 13.5 Å². The Hall–Kier alpha value is -0.360. The second-order valence-corrected chi connectivity index (χ2v) is 6.54. The van der Waals surface area contributed by atoms with Crippen molar-refractivity contribution in [3.63, 3.8) is 0 Å². The third-order valence-electron chi connectivity index (χ3n) is 2.92. The molecule has 0 aliphatic rings. The molecule has 0 radical (unpaired) electrons. The van der Waals surface area contributed by atoms with E-state index < -0.39 is 6.10 Å². The Morgan fingerprint density at radius 2 is 2.05 bits per heavy atom. The highest BCUT2D eigenvalue weighted by Gasteiger charge is 2.17. The monoisotopic (exact) mass is 406 g/mol. The highest BCUT2D eigenvalue weighted by molar-refractivity contribution is 9.10. The highest BCUT2D eigenvalue weighted by Crippen LogP contribution is 2.29. The zero-order chi connectivity index (χ0) is 14.2. The molecule has 0 fully saturated rings. The molecule has 2 rings (SSSR count). The number of aliphatic hydroxyl groups excluding tert-OH is 1. The maximum Gasteiger partial charge on any atom is 0.0846 e. The summed E-state index contributed by atoms with van der Waals surface area (Å²) in [5.74, 6) is 0. The van der Waals surface area contributed by atoms with Gasteiger partial charge in [-0.3, -0.25) is 4.68 Å². The predicted octanol–water partition coefficient (Wildman–Crippen LogP) is 4.18. The number of aromatic nitrogens is 2. The van der Waals surface area contributed by atoms with Gasteiger partial charge in [0.05, 0.1) is 22.0 Å². The van der Waals surface area contributed by atoms with E-state index in [9.17, 15) is 5.11 Å². The number of halogens is 3. The van der Waals surface area contributed by atoms with Gasteiger partial charge in [-0.1, -0.05) is 27.5 Å². The third kappa shape index (κ3) is 3.40. The summed E-state index contributed by atoms with van der Waals surface area (Å²) in [6.45, 7) is 1.93. The predicted molar refractivity (Wildman–Crippen MR) is 83.5 cm³/mol. The molecule has 1 unspecified atom stereocenters. The number of rotatable bonds is 3. The van der Waals surface area contributed by atoms with Gasteiger partial charge in [0.25, 0.3) is 0 Å². The van der Waals surface area contributed by atoms with Gasteiger partial charge < -0.3 is 5.11 Å². The smallest absolute Gasteiger partial charge is 0.0846 e. The first-order chi connectivity index (χ1) is 8.88. The molecule has 1 aromatic heterocycles. The molecule has 0 saturated heterocycles. The Morgan fingerprint density at radius 3 is 2.58 bits per heavy atom. The van der Waals surface area contributed by atoms with E-state index in [2.05, 4.69) is 37.0 Å². The van der Waals surface area contributed by atoms with Crippen molar-refractivity contribution < 1.29 is 5.11 Å². The Bertz CT molecular complexity index is 593. The van der Waals surface area contributed by atoms with Gasteiger partial charge in [-0.2, -0.15) is 5.10 Å². The summed E-state index contributed by atoms with van der Waals surface area (Å²) in [5.41, 5.74) is 2.66. The Kier molecular flexibility index (Phi) is 4.71. The molecule has 0 aliphatic heterocycles. The van der Waals surface area contributed by atoms with Crippen LogP contribution in [0.5, 0.6) is 0 Å². The van der Waals surface area contributed by atoms with Crippen molar-refractivity contribution >= 4 is 43.5 Å². The fourth-order valence-corrected chi connectivity index (χ4v) is 3.35. The van der Waals surface area contributed by atoms with Crippen LogP contribution in [0.2, 0.25) is 5.02 Å². The molecule has 0 saturated carbocycles. The lowest BCUT2D eigenvalue weighted by Gasteiger charge is -2.12. The molecule has 0 amide bonds. The molecule has 1 aromatic carbocycles. The minimum Gasteiger partial charge on any atom is -0.388 e. The molecule has 102 valence electrons. The van der Waals surface area contributed by atoms with Crippen LogP contribution < -0.4 is 0 Å². The zero-order valence-electron chi connectivity index (χ0n) is 10.5. The molecule has 0 aliphatic carbocycles. The van der Waals surface area contributed by atoms with E-state index in [4.69, 9.17) is 11.6 Å². The van der Waals surface area contributed by atoms with E-state index in [0.29, 0.717) is 11.4 Å². The van der Waals surface area contributed by atoms with Gasteiger partial charge in [0, 0.05) is 23.0 Å². The fraction of sp³-hybridized carbons (Fsp3) is 0.308. The van der Waals surface area contributed by atoms with Gasteiger partial charge in [-0.25, -0.2) is 0 Å². The van der Waals surface area contributed by atoms with Crippen LogP contribution in [0.15, 0.2) is 27.1 Å². The van der Waals surface area contributed by atoms with Crippen molar-refractivity contribution in [2.45, 2.75) is 19.4 Å². The van der Waals surface area contributed by atoms with Crippen LogP contribution in [0.4, 0.5) is 0 Å². The van der Waals surface area contributed by atoms with Gasteiger partial charge in [-0.05, 0) is 46.6 Å². The van der Waals surface area contributed by atoms with Crippen molar-refractivity contribution in [2.75, 3.05) is 0 Å². The van der Waals surface area contributed by atoms with Crippen molar-refractivity contribution in [1.29, 1.82) is 0 Å². The maximum absolute atomic E-state index is 10.3. The standard InChI is InChI=1S/C13H13Br2ClN2O/c1-7-13(15)11(18(2)17-7)6-12(19)8-3-9(14)5-10(16)4-8/h3-5,12,19H,6H2,1-2H3. The number of hydrogen-bond acceptors (Lipinski definition) is 2. The van der Waals surface area contributed by atoms with E-state index in [-0.39, 0.29) is 0 Å². The second-order valence-electron chi connectivity index (χ2n) is 4.39. The largest absolute Gasteiger partial charge is 0.388 e. The van der Waals surface area contributed by atoms with Gasteiger partial charge in [0.2, 0.25) is 0 Å². The molecule has 1 heterocycles. The average molecular weight is 409 g/mol. The summed E-state index contributed by atoms with van der Waals surface area (Å²) in [5, 5.41) is 15.3. The van der Waals surface area contributed by atoms with E-state index in [1.165, 1.54) is 0 Å². The van der Waals surface area contributed by atoms with Gasteiger partial charge in [0.1, 0.15) is 0 Å². The molecule has 3 nitrogen and oxygen atoms in total. The Morgan fingerprint density at radius 1 is 1.37 bits per heavy atom. The SMILES string of the molecule is Cc1nn(C)c(CC(O)c2cc(Cl)cc(Br)c2)c1Br. The van der Waals surface area contributed by atoms with Gasteiger partial charge in [-0.15, -0.1) is 0 Å².